The Hall–Kier alpha value is -1.94. The smallest absolute Gasteiger partial charge is 0.462 e. The van der Waals surface area contributed by atoms with Crippen LogP contribution in [0.15, 0.2) is 0 Å². The van der Waals surface area contributed by atoms with Crippen LogP contribution in [0.1, 0.15) is 349 Å². The van der Waals surface area contributed by atoms with Crippen molar-refractivity contribution < 1.29 is 80.2 Å². The number of carbonyl (C=O) groups excluding carboxylic acids is 4. The van der Waals surface area contributed by atoms with Gasteiger partial charge in [-0.3, -0.25) is 37.3 Å². The second-order valence-corrected chi connectivity index (χ2v) is 27.9. The van der Waals surface area contributed by atoms with Gasteiger partial charge in [-0.2, -0.15) is 0 Å². The first-order valence-electron chi connectivity index (χ1n) is 35.6. The monoisotopic (exact) mass is 1280 g/mol. The SMILES string of the molecule is CCCCCCCCCCCCCCCCCCC(=O)OC[C@H](COP(=O)(O)OC[C@@H](O)COP(=O)(O)OC[C@@H](COC(=O)CCCCCCC)OC(=O)CCCCCCCCCCC)OC(=O)CCCCCCCCCCCCCCCCC(C)C. The van der Waals surface area contributed by atoms with Gasteiger partial charge in [0.15, 0.2) is 12.2 Å². The molecule has 3 N–H and O–H groups in total. The van der Waals surface area contributed by atoms with Crippen molar-refractivity contribution in [1.29, 1.82) is 0 Å². The summed E-state index contributed by atoms with van der Waals surface area (Å²) in [7, 11) is -9.88. The Balaban J connectivity index is 5.14. The van der Waals surface area contributed by atoms with E-state index < -0.39 is 97.5 Å². The van der Waals surface area contributed by atoms with Crippen molar-refractivity contribution in [3.8, 4) is 0 Å². The van der Waals surface area contributed by atoms with Gasteiger partial charge in [0.05, 0.1) is 26.4 Å². The number of carbonyl (C=O) groups is 4. The van der Waals surface area contributed by atoms with Crippen molar-refractivity contribution in [2.75, 3.05) is 39.6 Å². The second kappa shape index (κ2) is 61.6. The topological polar surface area (TPSA) is 237 Å². The standard InChI is InChI=1S/C68H132O17P2/c1-6-9-12-15-17-19-20-21-22-23-27-30-34-37-42-47-52-66(71)79-58-64(85-68(73)54-49-44-39-35-31-28-25-24-26-29-33-36-41-45-50-61(4)5)60-83-87(76,77)81-56-62(69)55-80-86(74,75)82-59-63(57-78-65(70)51-46-40-14-11-8-3)84-67(72)53-48-43-38-32-18-16-13-10-7-2/h61-64,69H,6-60H2,1-5H3,(H,74,75)(H,76,77)/t62-,63+,64+/m0/s1. The third-order valence-electron chi connectivity index (χ3n) is 15.8. The fourth-order valence-corrected chi connectivity index (χ4v) is 11.9. The highest BCUT2D eigenvalue weighted by molar-refractivity contribution is 7.47. The Morgan fingerprint density at radius 2 is 0.529 bits per heavy atom. The average Bonchev–Trinajstić information content (AvgIpc) is 3.70. The molecule has 2 unspecified atom stereocenters. The minimum absolute atomic E-state index is 0.105. The minimum atomic E-state index is -4.95. The van der Waals surface area contributed by atoms with Crippen molar-refractivity contribution in [3.05, 3.63) is 0 Å². The van der Waals surface area contributed by atoms with Crippen molar-refractivity contribution in [1.82, 2.24) is 0 Å². The summed E-state index contributed by atoms with van der Waals surface area (Å²) in [4.78, 5) is 72.1. The Morgan fingerprint density at radius 1 is 0.310 bits per heavy atom. The molecule has 0 heterocycles. The van der Waals surface area contributed by atoms with Crippen LogP contribution >= 0.6 is 15.6 Å². The molecule has 0 aromatic rings. The van der Waals surface area contributed by atoms with E-state index in [1.165, 1.54) is 167 Å². The number of esters is 4. The number of phosphoric ester groups is 2. The third-order valence-corrected chi connectivity index (χ3v) is 17.7. The molecule has 5 atom stereocenters. The van der Waals surface area contributed by atoms with Gasteiger partial charge in [0.25, 0.3) is 0 Å². The molecule has 19 heteroatoms. The largest absolute Gasteiger partial charge is 0.472 e. The lowest BCUT2D eigenvalue weighted by Gasteiger charge is -2.21. The molecule has 0 radical (unpaired) electrons. The van der Waals surface area contributed by atoms with Crippen LogP contribution in [0.3, 0.4) is 0 Å². The molecule has 0 aromatic carbocycles. The van der Waals surface area contributed by atoms with E-state index in [-0.39, 0.29) is 25.7 Å². The number of unbranched alkanes of at least 4 members (excludes halogenated alkanes) is 40. The number of aliphatic hydroxyl groups is 1. The molecule has 0 aliphatic carbocycles. The van der Waals surface area contributed by atoms with Crippen molar-refractivity contribution in [2.24, 2.45) is 5.92 Å². The van der Waals surface area contributed by atoms with Gasteiger partial charge in [0.2, 0.25) is 0 Å². The molecule has 0 spiro atoms. The molecule has 0 bridgehead atoms. The molecule has 0 aliphatic rings. The van der Waals surface area contributed by atoms with E-state index in [9.17, 15) is 43.2 Å². The number of aliphatic hydroxyl groups excluding tert-OH is 1. The van der Waals surface area contributed by atoms with E-state index in [0.29, 0.717) is 25.7 Å². The average molecular weight is 1280 g/mol. The summed E-state index contributed by atoms with van der Waals surface area (Å²) in [6.45, 7) is 7.15. The van der Waals surface area contributed by atoms with Gasteiger partial charge in [-0.25, -0.2) is 9.13 Å². The molecule has 0 amide bonds. The molecule has 516 valence electrons. The zero-order valence-corrected chi connectivity index (χ0v) is 57.9. The Morgan fingerprint density at radius 3 is 0.782 bits per heavy atom. The summed E-state index contributed by atoms with van der Waals surface area (Å²) in [5.41, 5.74) is 0. The van der Waals surface area contributed by atoms with E-state index in [1.54, 1.807) is 0 Å². The highest BCUT2D eigenvalue weighted by atomic mass is 31.2. The third kappa shape index (κ3) is 62.6. The van der Waals surface area contributed by atoms with Crippen molar-refractivity contribution in [2.45, 2.75) is 368 Å². The van der Waals surface area contributed by atoms with Crippen LogP contribution in [0.25, 0.3) is 0 Å². The quantitative estimate of drug-likeness (QED) is 0.0222. The second-order valence-electron chi connectivity index (χ2n) is 25.0. The summed E-state index contributed by atoms with van der Waals surface area (Å²) in [5, 5.41) is 10.5. The number of phosphoric acid groups is 2. The molecule has 0 saturated carbocycles. The first-order chi connectivity index (χ1) is 42.0. The lowest BCUT2D eigenvalue weighted by Crippen LogP contribution is -2.30. The molecule has 0 rings (SSSR count). The van der Waals surface area contributed by atoms with Gasteiger partial charge in [-0.1, -0.05) is 298 Å². The summed E-state index contributed by atoms with van der Waals surface area (Å²) < 4.78 is 67.9. The van der Waals surface area contributed by atoms with Gasteiger partial charge in [0.1, 0.15) is 19.3 Å². The molecule has 0 aromatic heterocycles. The van der Waals surface area contributed by atoms with Gasteiger partial charge < -0.3 is 33.8 Å². The number of rotatable bonds is 68. The zero-order valence-electron chi connectivity index (χ0n) is 56.2. The Labute approximate surface area is 530 Å². The van der Waals surface area contributed by atoms with E-state index in [2.05, 4.69) is 34.6 Å². The first-order valence-corrected chi connectivity index (χ1v) is 38.6. The van der Waals surface area contributed by atoms with Crippen LogP contribution in [0.2, 0.25) is 0 Å². The minimum Gasteiger partial charge on any atom is -0.462 e. The van der Waals surface area contributed by atoms with Gasteiger partial charge in [-0.15, -0.1) is 0 Å². The normalized spacial score (nSPS) is 14.1. The Bertz CT molecular complexity index is 1690. The fraction of sp³-hybridized carbons (Fsp3) is 0.941. The molecule has 0 fully saturated rings. The maximum absolute atomic E-state index is 13.0. The van der Waals surface area contributed by atoms with E-state index in [0.717, 1.165) is 102 Å². The van der Waals surface area contributed by atoms with Gasteiger partial charge >= 0.3 is 39.5 Å². The highest BCUT2D eigenvalue weighted by Gasteiger charge is 2.30. The van der Waals surface area contributed by atoms with Gasteiger partial charge in [-0.05, 0) is 31.6 Å². The highest BCUT2D eigenvalue weighted by Crippen LogP contribution is 2.45. The summed E-state index contributed by atoms with van der Waals surface area (Å²) in [6.07, 6.45) is 47.6. The number of hydrogen-bond acceptors (Lipinski definition) is 15. The summed E-state index contributed by atoms with van der Waals surface area (Å²) in [5.74, 6) is -1.34. The van der Waals surface area contributed by atoms with E-state index >= 15 is 0 Å². The fourth-order valence-electron chi connectivity index (χ4n) is 10.3. The molecular formula is C68H132O17P2. The van der Waals surface area contributed by atoms with E-state index in [4.69, 9.17) is 37.0 Å². The van der Waals surface area contributed by atoms with E-state index in [1.807, 2.05) is 0 Å². The van der Waals surface area contributed by atoms with Crippen LogP contribution < -0.4 is 0 Å². The lowest BCUT2D eigenvalue weighted by molar-refractivity contribution is -0.161. The zero-order chi connectivity index (χ0) is 64.2. The summed E-state index contributed by atoms with van der Waals surface area (Å²) >= 11 is 0. The van der Waals surface area contributed by atoms with Crippen LogP contribution in [0.4, 0.5) is 0 Å². The molecule has 0 aliphatic heterocycles. The Kier molecular flexibility index (Phi) is 60.2. The predicted molar refractivity (Wildman–Crippen MR) is 349 cm³/mol. The van der Waals surface area contributed by atoms with Crippen LogP contribution in [0.5, 0.6) is 0 Å². The van der Waals surface area contributed by atoms with Crippen LogP contribution in [-0.4, -0.2) is 96.7 Å². The molecule has 87 heavy (non-hydrogen) atoms. The molecular weight excluding hydrogens is 1150 g/mol. The lowest BCUT2D eigenvalue weighted by atomic mass is 10.0. The molecule has 17 nitrogen and oxygen atoms in total. The first kappa shape index (κ1) is 85.1. The van der Waals surface area contributed by atoms with Gasteiger partial charge in [0, 0.05) is 25.7 Å². The number of hydrogen-bond donors (Lipinski definition) is 3. The molecule has 0 saturated heterocycles. The van der Waals surface area contributed by atoms with Crippen LogP contribution in [0, 0.1) is 5.92 Å². The van der Waals surface area contributed by atoms with Crippen molar-refractivity contribution >= 4 is 39.5 Å². The maximum atomic E-state index is 13.0. The summed E-state index contributed by atoms with van der Waals surface area (Å²) in [6, 6.07) is 0. The number of ether oxygens (including phenoxy) is 4. The predicted octanol–water partition coefficient (Wildman–Crippen LogP) is 19.4. The maximum Gasteiger partial charge on any atom is 0.472 e. The van der Waals surface area contributed by atoms with Crippen molar-refractivity contribution in [3.63, 3.8) is 0 Å². The van der Waals surface area contributed by atoms with Crippen LogP contribution in [-0.2, 0) is 65.4 Å².